The number of rotatable bonds is 8. The van der Waals surface area contributed by atoms with E-state index in [0.717, 1.165) is 68.7 Å². The zero-order valence-corrected chi connectivity index (χ0v) is 23.9. The molecule has 1 aromatic heterocycles. The number of fused-ring (bicyclic) bond motifs is 1. The van der Waals surface area contributed by atoms with Gasteiger partial charge in [0, 0.05) is 58.8 Å². The van der Waals surface area contributed by atoms with Gasteiger partial charge in [0.05, 0.1) is 12.6 Å². The molecule has 5 rings (SSSR count). The van der Waals surface area contributed by atoms with Crippen LogP contribution in [0.4, 0.5) is 4.79 Å². The van der Waals surface area contributed by atoms with Crippen LogP contribution in [0.1, 0.15) is 86.6 Å². The number of amides is 3. The third kappa shape index (κ3) is 6.35. The second-order valence-electron chi connectivity index (χ2n) is 11.0. The minimum Gasteiger partial charge on any atom is -0.497 e. The lowest BCUT2D eigenvalue weighted by Crippen LogP contribution is -2.53. The van der Waals surface area contributed by atoms with Crippen molar-refractivity contribution in [1.82, 2.24) is 14.8 Å². The summed E-state index contributed by atoms with van der Waals surface area (Å²) in [6.45, 7) is 0.344. The molecule has 7 nitrogen and oxygen atoms in total. The Kier molecular flexibility index (Phi) is 9.10. The van der Waals surface area contributed by atoms with Gasteiger partial charge in [-0.3, -0.25) is 14.5 Å². The number of carbonyl (C=O) groups is 3. The molecule has 0 spiro atoms. The number of urea groups is 1. The van der Waals surface area contributed by atoms with Crippen LogP contribution in [-0.4, -0.2) is 46.4 Å². The number of methoxy groups -OCH3 is 1. The van der Waals surface area contributed by atoms with E-state index in [4.69, 9.17) is 16.3 Å². The average Bonchev–Trinajstić information content (AvgIpc) is 3.35. The Morgan fingerprint density at radius 2 is 1.62 bits per heavy atom. The van der Waals surface area contributed by atoms with Crippen molar-refractivity contribution in [3.8, 4) is 5.75 Å². The molecule has 0 bridgehead atoms. The van der Waals surface area contributed by atoms with Gasteiger partial charge in [0.1, 0.15) is 5.75 Å². The summed E-state index contributed by atoms with van der Waals surface area (Å²) < 4.78 is 7.38. The van der Waals surface area contributed by atoms with E-state index in [1.54, 1.807) is 37.6 Å². The van der Waals surface area contributed by atoms with Crippen molar-refractivity contribution in [1.29, 1.82) is 0 Å². The van der Waals surface area contributed by atoms with Crippen molar-refractivity contribution in [3.63, 3.8) is 0 Å². The molecule has 0 aliphatic heterocycles. The molecular weight excluding hydrogens is 526 g/mol. The summed E-state index contributed by atoms with van der Waals surface area (Å²) in [5.41, 5.74) is 1.89. The van der Waals surface area contributed by atoms with E-state index >= 15 is 0 Å². The number of imide groups is 1. The molecule has 2 saturated carbocycles. The number of hydrogen-bond donors (Lipinski definition) is 1. The van der Waals surface area contributed by atoms with E-state index in [0.29, 0.717) is 28.4 Å². The summed E-state index contributed by atoms with van der Waals surface area (Å²) in [6, 6.07) is 12.3. The molecule has 1 N–H and O–H groups in total. The largest absolute Gasteiger partial charge is 0.497 e. The summed E-state index contributed by atoms with van der Waals surface area (Å²) in [5.74, 6) is 0.377. The lowest BCUT2D eigenvalue weighted by Gasteiger charge is -2.34. The van der Waals surface area contributed by atoms with Crippen molar-refractivity contribution in [2.75, 3.05) is 7.11 Å². The second kappa shape index (κ2) is 12.9. The molecule has 3 aromatic rings. The van der Waals surface area contributed by atoms with Gasteiger partial charge >= 0.3 is 6.03 Å². The van der Waals surface area contributed by atoms with Gasteiger partial charge in [0.2, 0.25) is 5.91 Å². The molecule has 40 heavy (non-hydrogen) atoms. The highest BCUT2D eigenvalue weighted by atomic mass is 35.5. The molecule has 8 heteroatoms. The van der Waals surface area contributed by atoms with Crippen LogP contribution in [0.25, 0.3) is 10.9 Å². The minimum absolute atomic E-state index is 0.0617. The van der Waals surface area contributed by atoms with Crippen LogP contribution in [-0.2, 0) is 11.3 Å². The zero-order valence-electron chi connectivity index (χ0n) is 23.2. The third-order valence-corrected chi connectivity index (χ3v) is 8.62. The fourth-order valence-corrected chi connectivity index (χ4v) is 6.30. The molecule has 212 valence electrons. The van der Waals surface area contributed by atoms with Gasteiger partial charge < -0.3 is 14.6 Å². The van der Waals surface area contributed by atoms with Crippen LogP contribution in [0, 0.1) is 0 Å². The normalized spacial score (nSPS) is 16.6. The first kappa shape index (κ1) is 28.2. The summed E-state index contributed by atoms with van der Waals surface area (Å²) in [7, 11) is 1.60. The van der Waals surface area contributed by atoms with Gasteiger partial charge in [-0.1, -0.05) is 50.1 Å². The molecule has 2 fully saturated rings. The van der Waals surface area contributed by atoms with Crippen LogP contribution in [0.2, 0.25) is 5.02 Å². The lowest BCUT2D eigenvalue weighted by molar-refractivity contribution is -0.130. The molecular formula is C32H38ClN3O4. The number of nitrogens with zero attached hydrogens (tertiary/aromatic N) is 2. The number of hydrogen-bond acceptors (Lipinski definition) is 4. The van der Waals surface area contributed by atoms with Crippen molar-refractivity contribution in [2.24, 2.45) is 0 Å². The Morgan fingerprint density at radius 1 is 0.950 bits per heavy atom. The number of halogens is 1. The number of nitrogens with one attached hydrogen (secondary N) is 1. The SMILES string of the molecule is COc1ccc2c(C(=O)c3ccc(Cl)cc3)cn(CCC(=O)N(C(=O)NC3CCCCC3)C3CCCCC3)c2c1. The van der Waals surface area contributed by atoms with Crippen molar-refractivity contribution < 1.29 is 19.1 Å². The Hall–Kier alpha value is -3.32. The maximum atomic E-state index is 13.7. The summed E-state index contributed by atoms with van der Waals surface area (Å²) in [5, 5.41) is 4.52. The Balaban J connectivity index is 1.38. The van der Waals surface area contributed by atoms with E-state index in [1.807, 2.05) is 22.8 Å². The van der Waals surface area contributed by atoms with E-state index in [9.17, 15) is 14.4 Å². The highest BCUT2D eigenvalue weighted by Gasteiger charge is 2.32. The number of ketones is 1. The van der Waals surface area contributed by atoms with Gasteiger partial charge in [0.15, 0.2) is 5.78 Å². The molecule has 0 saturated heterocycles. The summed E-state index contributed by atoms with van der Waals surface area (Å²) >= 11 is 6.03. The number of aryl methyl sites for hydroxylation is 1. The first-order chi connectivity index (χ1) is 19.4. The predicted molar refractivity (Wildman–Crippen MR) is 157 cm³/mol. The molecule has 3 amide bonds. The van der Waals surface area contributed by atoms with Gasteiger partial charge in [-0.15, -0.1) is 0 Å². The fraction of sp³-hybridized carbons (Fsp3) is 0.469. The maximum Gasteiger partial charge on any atom is 0.324 e. The summed E-state index contributed by atoms with van der Waals surface area (Å²) in [6.07, 6.45) is 12.3. The average molecular weight is 564 g/mol. The predicted octanol–water partition coefficient (Wildman–Crippen LogP) is 7.13. The number of carbonyl (C=O) groups excluding carboxylic acids is 3. The fourth-order valence-electron chi connectivity index (χ4n) is 6.17. The molecule has 0 unspecified atom stereocenters. The van der Waals surface area contributed by atoms with Crippen LogP contribution < -0.4 is 10.1 Å². The number of ether oxygens (including phenoxy) is 1. The monoisotopic (exact) mass is 563 g/mol. The number of aromatic nitrogens is 1. The van der Waals surface area contributed by atoms with Crippen LogP contribution >= 0.6 is 11.6 Å². The van der Waals surface area contributed by atoms with Crippen LogP contribution in [0.3, 0.4) is 0 Å². The highest BCUT2D eigenvalue weighted by Crippen LogP contribution is 2.29. The summed E-state index contributed by atoms with van der Waals surface area (Å²) in [4.78, 5) is 42.1. The van der Waals surface area contributed by atoms with E-state index < -0.39 is 0 Å². The van der Waals surface area contributed by atoms with Crippen LogP contribution in [0.15, 0.2) is 48.7 Å². The first-order valence-corrected chi connectivity index (χ1v) is 14.9. The van der Waals surface area contributed by atoms with Gasteiger partial charge in [-0.25, -0.2) is 4.79 Å². The minimum atomic E-state index is -0.249. The molecule has 2 aromatic carbocycles. The standard InChI is InChI=1S/C32H38ClN3O4/c1-40-26-16-17-27-28(31(38)22-12-14-23(33)15-13-22)21-35(29(27)20-26)19-18-30(37)36(25-10-6-3-7-11-25)32(39)34-24-8-4-2-5-9-24/h12-17,20-21,24-25H,2-11,18-19H2,1H3,(H,34,39). The molecule has 2 aliphatic rings. The van der Waals surface area contributed by atoms with E-state index in [2.05, 4.69) is 5.32 Å². The van der Waals surface area contributed by atoms with E-state index in [1.165, 1.54) is 11.3 Å². The lowest BCUT2D eigenvalue weighted by atomic mass is 9.93. The smallest absolute Gasteiger partial charge is 0.324 e. The number of benzene rings is 2. The first-order valence-electron chi connectivity index (χ1n) is 14.5. The quantitative estimate of drug-likeness (QED) is 0.296. The molecule has 0 atom stereocenters. The Morgan fingerprint density at radius 3 is 2.30 bits per heavy atom. The highest BCUT2D eigenvalue weighted by molar-refractivity contribution is 6.30. The van der Waals surface area contributed by atoms with Crippen molar-refractivity contribution in [2.45, 2.75) is 89.3 Å². The Bertz CT molecular complexity index is 1350. The molecule has 2 aliphatic carbocycles. The van der Waals surface area contributed by atoms with Crippen LogP contribution in [0.5, 0.6) is 5.75 Å². The maximum absolute atomic E-state index is 13.7. The van der Waals surface area contributed by atoms with Crippen molar-refractivity contribution in [3.05, 3.63) is 64.8 Å². The molecule has 0 radical (unpaired) electrons. The second-order valence-corrected chi connectivity index (χ2v) is 11.5. The van der Waals surface area contributed by atoms with Gasteiger partial charge in [0.25, 0.3) is 0 Å². The Labute approximate surface area is 240 Å². The van der Waals surface area contributed by atoms with Gasteiger partial charge in [-0.2, -0.15) is 0 Å². The topological polar surface area (TPSA) is 80.6 Å². The van der Waals surface area contributed by atoms with E-state index in [-0.39, 0.29) is 36.2 Å². The third-order valence-electron chi connectivity index (χ3n) is 8.37. The van der Waals surface area contributed by atoms with Gasteiger partial charge in [-0.05, 0) is 62.1 Å². The zero-order chi connectivity index (χ0) is 28.1. The van der Waals surface area contributed by atoms with Crippen molar-refractivity contribution >= 4 is 40.2 Å². The molecule has 1 heterocycles.